The number of anilines is 1. The number of benzene rings is 1. The lowest BCUT2D eigenvalue weighted by Gasteiger charge is -2.29. The topological polar surface area (TPSA) is 42.2 Å². The van der Waals surface area contributed by atoms with Crippen LogP contribution in [0.4, 0.5) is 5.82 Å². The molecule has 0 aliphatic rings. The number of rotatable bonds is 5. The Morgan fingerprint density at radius 3 is 2.50 bits per heavy atom. The van der Waals surface area contributed by atoms with Crippen LogP contribution in [0.5, 0.6) is 0 Å². The van der Waals surface area contributed by atoms with Crippen LogP contribution in [0.15, 0.2) is 48.7 Å². The fraction of sp³-hybridized carbons (Fsp3) is 0.250. The highest BCUT2D eigenvalue weighted by Gasteiger charge is 2.17. The number of aromatic nitrogens is 1. The van der Waals surface area contributed by atoms with Crippen LogP contribution >= 0.6 is 12.2 Å². The van der Waals surface area contributed by atoms with Crippen molar-refractivity contribution in [1.29, 1.82) is 0 Å². The van der Waals surface area contributed by atoms with Crippen LogP contribution in [-0.2, 0) is 6.54 Å². The molecule has 4 heteroatoms. The second-order valence-corrected chi connectivity index (χ2v) is 5.39. The van der Waals surface area contributed by atoms with E-state index in [0.717, 1.165) is 17.9 Å². The molecule has 0 fully saturated rings. The summed E-state index contributed by atoms with van der Waals surface area (Å²) in [5, 5.41) is 0. The average molecular weight is 285 g/mol. The Kier molecular flexibility index (Phi) is 4.69. The Morgan fingerprint density at radius 2 is 1.90 bits per heavy atom. The van der Waals surface area contributed by atoms with E-state index in [0.29, 0.717) is 11.0 Å². The molecule has 0 spiro atoms. The summed E-state index contributed by atoms with van der Waals surface area (Å²) in [5.74, 6) is 0.846. The number of pyridine rings is 1. The van der Waals surface area contributed by atoms with Gasteiger partial charge >= 0.3 is 0 Å². The molecular formula is C16H19N3S. The van der Waals surface area contributed by atoms with E-state index < -0.39 is 0 Å². The van der Waals surface area contributed by atoms with Gasteiger partial charge in [0.15, 0.2) is 0 Å². The summed E-state index contributed by atoms with van der Waals surface area (Å²) in [6.07, 6.45) is 1.78. The Balaban J connectivity index is 2.37. The molecule has 0 saturated carbocycles. The largest absolute Gasteiger partial charge is 0.389 e. The van der Waals surface area contributed by atoms with Gasteiger partial charge in [-0.15, -0.1) is 0 Å². The van der Waals surface area contributed by atoms with Crippen LogP contribution in [0.2, 0.25) is 0 Å². The SMILES string of the molecule is CC(C)N(Cc1ccccc1)c1ncccc1C(N)=S. The van der Waals surface area contributed by atoms with Gasteiger partial charge in [0.05, 0.1) is 5.56 Å². The molecule has 104 valence electrons. The zero-order chi connectivity index (χ0) is 14.5. The van der Waals surface area contributed by atoms with Crippen molar-refractivity contribution in [3.63, 3.8) is 0 Å². The third kappa shape index (κ3) is 3.33. The number of hydrogen-bond donors (Lipinski definition) is 1. The lowest BCUT2D eigenvalue weighted by Crippen LogP contribution is -2.33. The molecule has 0 aliphatic carbocycles. The predicted octanol–water partition coefficient (Wildman–Crippen LogP) is 3.13. The quantitative estimate of drug-likeness (QED) is 0.857. The normalized spacial score (nSPS) is 10.6. The van der Waals surface area contributed by atoms with Crippen LogP contribution in [-0.4, -0.2) is 16.0 Å². The van der Waals surface area contributed by atoms with Gasteiger partial charge in [0.1, 0.15) is 10.8 Å². The summed E-state index contributed by atoms with van der Waals surface area (Å²) in [5.41, 5.74) is 7.87. The Hall–Kier alpha value is -1.94. The van der Waals surface area contributed by atoms with Crippen molar-refractivity contribution in [2.75, 3.05) is 4.90 Å². The fourth-order valence-electron chi connectivity index (χ4n) is 2.10. The number of hydrogen-bond acceptors (Lipinski definition) is 3. The van der Waals surface area contributed by atoms with Crippen molar-refractivity contribution in [1.82, 2.24) is 4.98 Å². The molecule has 0 aliphatic heterocycles. The van der Waals surface area contributed by atoms with E-state index >= 15 is 0 Å². The maximum atomic E-state index is 5.81. The summed E-state index contributed by atoms with van der Waals surface area (Å²) in [6, 6.07) is 14.4. The number of nitrogens with zero attached hydrogens (tertiary/aromatic N) is 2. The van der Waals surface area contributed by atoms with Crippen LogP contribution < -0.4 is 10.6 Å². The molecule has 0 radical (unpaired) electrons. The van der Waals surface area contributed by atoms with Crippen LogP contribution in [0.25, 0.3) is 0 Å². The predicted molar refractivity (Wildman–Crippen MR) is 87.9 cm³/mol. The molecule has 2 rings (SSSR count). The minimum absolute atomic E-state index is 0.304. The molecule has 1 heterocycles. The first-order valence-electron chi connectivity index (χ1n) is 6.65. The molecule has 0 atom stereocenters. The third-order valence-electron chi connectivity index (χ3n) is 3.14. The summed E-state index contributed by atoms with van der Waals surface area (Å²) < 4.78 is 0. The second kappa shape index (κ2) is 6.48. The third-order valence-corrected chi connectivity index (χ3v) is 3.36. The van der Waals surface area contributed by atoms with Crippen molar-refractivity contribution in [2.24, 2.45) is 5.73 Å². The smallest absolute Gasteiger partial charge is 0.139 e. The minimum Gasteiger partial charge on any atom is -0.389 e. The zero-order valence-electron chi connectivity index (χ0n) is 11.8. The molecule has 0 amide bonds. The first-order chi connectivity index (χ1) is 9.59. The number of thiocarbonyl (C=S) groups is 1. The molecule has 20 heavy (non-hydrogen) atoms. The number of nitrogens with two attached hydrogens (primary N) is 1. The molecular weight excluding hydrogens is 266 g/mol. The maximum absolute atomic E-state index is 5.81. The first kappa shape index (κ1) is 14.5. The van der Waals surface area contributed by atoms with Gasteiger partial charge in [-0.3, -0.25) is 0 Å². The van der Waals surface area contributed by atoms with Gasteiger partial charge in [0, 0.05) is 18.8 Å². The van der Waals surface area contributed by atoms with Crippen LogP contribution in [0.3, 0.4) is 0 Å². The van der Waals surface area contributed by atoms with Crippen molar-refractivity contribution in [3.05, 3.63) is 59.8 Å². The fourth-order valence-corrected chi connectivity index (χ4v) is 2.26. The zero-order valence-corrected chi connectivity index (χ0v) is 12.6. The highest BCUT2D eigenvalue weighted by atomic mass is 32.1. The highest BCUT2D eigenvalue weighted by molar-refractivity contribution is 7.80. The molecule has 0 unspecified atom stereocenters. The standard InChI is InChI=1S/C16H19N3S/c1-12(2)19(11-13-7-4-3-5-8-13)16-14(15(17)20)9-6-10-18-16/h3-10,12H,11H2,1-2H3,(H2,17,20). The van der Waals surface area contributed by atoms with E-state index in [2.05, 4.69) is 35.9 Å². The van der Waals surface area contributed by atoms with Crippen molar-refractivity contribution in [2.45, 2.75) is 26.4 Å². The summed E-state index contributed by atoms with van der Waals surface area (Å²) in [7, 11) is 0. The van der Waals surface area contributed by atoms with Gasteiger partial charge in [0.2, 0.25) is 0 Å². The molecule has 3 nitrogen and oxygen atoms in total. The van der Waals surface area contributed by atoms with Crippen LogP contribution in [0.1, 0.15) is 25.0 Å². The monoisotopic (exact) mass is 285 g/mol. The Bertz CT molecular complexity index is 581. The molecule has 2 N–H and O–H groups in total. The lowest BCUT2D eigenvalue weighted by atomic mass is 10.1. The molecule has 0 bridgehead atoms. The van der Waals surface area contributed by atoms with Gasteiger partial charge in [-0.25, -0.2) is 4.98 Å². The Morgan fingerprint density at radius 1 is 1.20 bits per heavy atom. The lowest BCUT2D eigenvalue weighted by molar-refractivity contribution is 0.672. The second-order valence-electron chi connectivity index (χ2n) is 4.95. The van der Waals surface area contributed by atoms with E-state index in [1.165, 1.54) is 5.56 Å². The van der Waals surface area contributed by atoms with Crippen LogP contribution in [0, 0.1) is 0 Å². The van der Waals surface area contributed by atoms with Gasteiger partial charge < -0.3 is 10.6 Å². The van der Waals surface area contributed by atoms with E-state index in [9.17, 15) is 0 Å². The highest BCUT2D eigenvalue weighted by Crippen LogP contribution is 2.22. The van der Waals surface area contributed by atoms with Crippen molar-refractivity contribution >= 4 is 23.0 Å². The van der Waals surface area contributed by atoms with Gasteiger partial charge in [-0.1, -0.05) is 42.5 Å². The summed E-state index contributed by atoms with van der Waals surface area (Å²) in [4.78, 5) is 7.07. The summed E-state index contributed by atoms with van der Waals surface area (Å²) in [6.45, 7) is 5.06. The first-order valence-corrected chi connectivity index (χ1v) is 7.06. The molecule has 1 aromatic carbocycles. The Labute approximate surface area is 125 Å². The molecule has 2 aromatic rings. The summed E-state index contributed by atoms with van der Waals surface area (Å²) >= 11 is 5.13. The molecule has 0 saturated heterocycles. The van der Waals surface area contributed by atoms with E-state index in [-0.39, 0.29) is 0 Å². The van der Waals surface area contributed by atoms with Crippen molar-refractivity contribution in [3.8, 4) is 0 Å². The van der Waals surface area contributed by atoms with Gasteiger partial charge in [0.25, 0.3) is 0 Å². The van der Waals surface area contributed by atoms with Gasteiger partial charge in [-0.2, -0.15) is 0 Å². The van der Waals surface area contributed by atoms with E-state index in [4.69, 9.17) is 18.0 Å². The minimum atomic E-state index is 0.304. The van der Waals surface area contributed by atoms with Crippen molar-refractivity contribution < 1.29 is 0 Å². The molecule has 1 aromatic heterocycles. The van der Waals surface area contributed by atoms with E-state index in [1.54, 1.807) is 6.20 Å². The maximum Gasteiger partial charge on any atom is 0.139 e. The average Bonchev–Trinajstić information content (AvgIpc) is 2.45. The van der Waals surface area contributed by atoms with Gasteiger partial charge in [-0.05, 0) is 31.5 Å². The van der Waals surface area contributed by atoms with E-state index in [1.807, 2.05) is 30.3 Å².